The highest BCUT2D eigenvalue weighted by Gasteiger charge is 2.20. The Morgan fingerprint density at radius 1 is 1.25 bits per heavy atom. The lowest BCUT2D eigenvalue weighted by atomic mass is 10.0. The lowest BCUT2D eigenvalue weighted by Gasteiger charge is -2.20. The third-order valence-corrected chi connectivity index (χ3v) is 5.31. The number of carbonyl (C=O) groups is 1. The van der Waals surface area contributed by atoms with Crippen LogP contribution in [0, 0.1) is 6.92 Å². The molecular formula is C18H17N3O2S. The summed E-state index contributed by atoms with van der Waals surface area (Å²) in [6.45, 7) is 4.00. The first kappa shape index (κ1) is 15.1. The van der Waals surface area contributed by atoms with Gasteiger partial charge in [0.1, 0.15) is 5.01 Å². The Balaban J connectivity index is 2.00. The van der Waals surface area contributed by atoms with E-state index in [4.69, 9.17) is 0 Å². The number of aryl methyl sites for hydroxylation is 1. The van der Waals surface area contributed by atoms with Crippen molar-refractivity contribution in [3.8, 4) is 10.6 Å². The maximum atomic E-state index is 11.6. The summed E-state index contributed by atoms with van der Waals surface area (Å²) in [4.78, 5) is 24.0. The molecule has 0 saturated carbocycles. The van der Waals surface area contributed by atoms with Crippen LogP contribution in [0.2, 0.25) is 0 Å². The third-order valence-electron chi connectivity index (χ3n) is 4.37. The van der Waals surface area contributed by atoms with Crippen LogP contribution in [-0.4, -0.2) is 34.1 Å². The van der Waals surface area contributed by atoms with E-state index in [1.54, 1.807) is 29.7 Å². The second-order valence-corrected chi connectivity index (χ2v) is 7.26. The molecule has 0 spiro atoms. The molecule has 1 N–H and O–H groups in total. The zero-order valence-electron chi connectivity index (χ0n) is 13.3. The summed E-state index contributed by atoms with van der Waals surface area (Å²) < 4.78 is 0. The van der Waals surface area contributed by atoms with Crippen molar-refractivity contribution in [1.82, 2.24) is 9.97 Å². The van der Waals surface area contributed by atoms with Gasteiger partial charge in [-0.05, 0) is 38.0 Å². The van der Waals surface area contributed by atoms with Gasteiger partial charge < -0.3 is 10.0 Å². The number of benzene rings is 1. The van der Waals surface area contributed by atoms with Crippen molar-refractivity contribution < 1.29 is 9.90 Å². The van der Waals surface area contributed by atoms with Gasteiger partial charge >= 0.3 is 5.97 Å². The van der Waals surface area contributed by atoms with Crippen LogP contribution in [0.25, 0.3) is 21.5 Å². The molecule has 1 aromatic carbocycles. The molecule has 3 aromatic rings. The molecule has 0 bridgehead atoms. The van der Waals surface area contributed by atoms with Crippen LogP contribution in [-0.2, 0) is 0 Å². The number of fused-ring (bicyclic) bond motifs is 1. The van der Waals surface area contributed by atoms with Crippen molar-refractivity contribution in [3.63, 3.8) is 0 Å². The first-order chi connectivity index (χ1) is 11.6. The molecule has 3 heterocycles. The predicted molar refractivity (Wildman–Crippen MR) is 96.0 cm³/mol. The van der Waals surface area contributed by atoms with Crippen molar-refractivity contribution >= 4 is 33.9 Å². The third kappa shape index (κ3) is 2.53. The molecule has 122 valence electrons. The van der Waals surface area contributed by atoms with Gasteiger partial charge in [0.2, 0.25) is 0 Å². The summed E-state index contributed by atoms with van der Waals surface area (Å²) in [7, 11) is 0. The fourth-order valence-electron chi connectivity index (χ4n) is 3.24. The van der Waals surface area contributed by atoms with E-state index in [9.17, 15) is 9.90 Å². The molecule has 0 unspecified atom stereocenters. The Kier molecular flexibility index (Phi) is 3.69. The Morgan fingerprint density at radius 2 is 2.04 bits per heavy atom. The lowest BCUT2D eigenvalue weighted by molar-refractivity contribution is 0.0697. The first-order valence-electron chi connectivity index (χ1n) is 7.97. The highest BCUT2D eigenvalue weighted by molar-refractivity contribution is 7.15. The van der Waals surface area contributed by atoms with E-state index in [-0.39, 0.29) is 5.56 Å². The zero-order chi connectivity index (χ0) is 16.7. The van der Waals surface area contributed by atoms with E-state index < -0.39 is 5.97 Å². The van der Waals surface area contributed by atoms with Crippen LogP contribution >= 0.6 is 11.3 Å². The number of carboxylic acid groups (broad SMARTS) is 1. The smallest absolute Gasteiger partial charge is 0.335 e. The summed E-state index contributed by atoms with van der Waals surface area (Å²) in [5, 5.41) is 11.2. The van der Waals surface area contributed by atoms with E-state index in [1.807, 2.05) is 19.2 Å². The Hall–Kier alpha value is -2.47. The van der Waals surface area contributed by atoms with Crippen molar-refractivity contribution in [2.75, 3.05) is 18.0 Å². The SMILES string of the molecule is Cc1cnc(-c2cc(C(=O)O)cc3c(N4CCCC4)ccnc23)s1. The van der Waals surface area contributed by atoms with E-state index >= 15 is 0 Å². The van der Waals surface area contributed by atoms with Gasteiger partial charge in [-0.2, -0.15) is 0 Å². The zero-order valence-corrected chi connectivity index (χ0v) is 14.1. The van der Waals surface area contributed by atoms with Crippen molar-refractivity contribution in [2.45, 2.75) is 19.8 Å². The number of anilines is 1. The van der Waals surface area contributed by atoms with Gasteiger partial charge in [0.15, 0.2) is 0 Å². The minimum Gasteiger partial charge on any atom is -0.478 e. The second-order valence-electron chi connectivity index (χ2n) is 6.03. The fraction of sp³-hybridized carbons (Fsp3) is 0.278. The number of aromatic carboxylic acids is 1. The summed E-state index contributed by atoms with van der Waals surface area (Å²) in [6, 6.07) is 5.40. The topological polar surface area (TPSA) is 66.3 Å². The minimum absolute atomic E-state index is 0.277. The number of hydrogen-bond acceptors (Lipinski definition) is 5. The number of aromatic nitrogens is 2. The van der Waals surface area contributed by atoms with Crippen LogP contribution < -0.4 is 4.90 Å². The van der Waals surface area contributed by atoms with Gasteiger partial charge in [0.25, 0.3) is 0 Å². The van der Waals surface area contributed by atoms with E-state index in [0.717, 1.165) is 45.1 Å². The molecule has 0 atom stereocenters. The van der Waals surface area contributed by atoms with Gasteiger partial charge in [0.05, 0.1) is 11.1 Å². The number of hydrogen-bond donors (Lipinski definition) is 1. The Morgan fingerprint density at radius 3 is 2.71 bits per heavy atom. The van der Waals surface area contributed by atoms with Gasteiger partial charge in [0, 0.05) is 47.0 Å². The van der Waals surface area contributed by atoms with Crippen LogP contribution in [0.15, 0.2) is 30.6 Å². The summed E-state index contributed by atoms with van der Waals surface area (Å²) >= 11 is 1.56. The normalized spacial score (nSPS) is 14.5. The fourth-order valence-corrected chi connectivity index (χ4v) is 4.02. The number of thiazole rings is 1. The Labute approximate surface area is 143 Å². The molecule has 1 aliphatic heterocycles. The predicted octanol–water partition coefficient (Wildman–Crippen LogP) is 3.97. The molecule has 1 saturated heterocycles. The van der Waals surface area contributed by atoms with Gasteiger partial charge in [-0.25, -0.2) is 9.78 Å². The molecule has 0 radical (unpaired) electrons. The lowest BCUT2D eigenvalue weighted by Crippen LogP contribution is -2.18. The number of pyridine rings is 1. The molecule has 0 amide bonds. The van der Waals surface area contributed by atoms with Crippen molar-refractivity contribution in [2.24, 2.45) is 0 Å². The van der Waals surface area contributed by atoms with E-state index in [2.05, 4.69) is 14.9 Å². The largest absolute Gasteiger partial charge is 0.478 e. The minimum atomic E-state index is -0.928. The van der Waals surface area contributed by atoms with Crippen LogP contribution in [0.4, 0.5) is 5.69 Å². The average Bonchev–Trinajstić information content (AvgIpc) is 3.24. The summed E-state index contributed by atoms with van der Waals surface area (Å²) in [6.07, 6.45) is 5.95. The van der Waals surface area contributed by atoms with Gasteiger partial charge in [-0.15, -0.1) is 11.3 Å². The van der Waals surface area contributed by atoms with Crippen LogP contribution in [0.1, 0.15) is 28.1 Å². The number of carboxylic acids is 1. The van der Waals surface area contributed by atoms with Crippen LogP contribution in [0.3, 0.4) is 0 Å². The van der Waals surface area contributed by atoms with Crippen LogP contribution in [0.5, 0.6) is 0 Å². The standard InChI is InChI=1S/C18H17N3O2S/c1-11-10-20-17(24-11)14-9-12(18(22)23)8-13-15(4-5-19-16(13)14)21-6-2-3-7-21/h4-5,8-10H,2-3,6-7H2,1H3,(H,22,23). The first-order valence-corrected chi connectivity index (χ1v) is 8.79. The molecule has 1 fully saturated rings. The summed E-state index contributed by atoms with van der Waals surface area (Å²) in [5.41, 5.74) is 2.96. The van der Waals surface area contributed by atoms with Gasteiger partial charge in [-0.3, -0.25) is 4.98 Å². The highest BCUT2D eigenvalue weighted by Crippen LogP contribution is 2.36. The second kappa shape index (κ2) is 5.87. The maximum Gasteiger partial charge on any atom is 0.335 e. The molecule has 5 nitrogen and oxygen atoms in total. The molecule has 2 aromatic heterocycles. The molecule has 4 rings (SSSR count). The van der Waals surface area contributed by atoms with E-state index in [1.165, 1.54) is 12.8 Å². The maximum absolute atomic E-state index is 11.6. The molecule has 24 heavy (non-hydrogen) atoms. The molecule has 0 aliphatic carbocycles. The molecule has 1 aliphatic rings. The molecule has 6 heteroatoms. The highest BCUT2D eigenvalue weighted by atomic mass is 32.1. The quantitative estimate of drug-likeness (QED) is 0.782. The number of nitrogens with zero attached hydrogens (tertiary/aromatic N) is 3. The molecular weight excluding hydrogens is 322 g/mol. The summed E-state index contributed by atoms with van der Waals surface area (Å²) in [5.74, 6) is -0.928. The average molecular weight is 339 g/mol. The van der Waals surface area contributed by atoms with E-state index in [0.29, 0.717) is 0 Å². The monoisotopic (exact) mass is 339 g/mol. The Bertz CT molecular complexity index is 929. The van der Waals surface area contributed by atoms with Crippen molar-refractivity contribution in [3.05, 3.63) is 41.0 Å². The number of rotatable bonds is 3. The van der Waals surface area contributed by atoms with Crippen molar-refractivity contribution in [1.29, 1.82) is 0 Å². The van der Waals surface area contributed by atoms with Gasteiger partial charge in [-0.1, -0.05) is 0 Å².